The van der Waals surface area contributed by atoms with Gasteiger partial charge in [0.05, 0.1) is 0 Å². The van der Waals surface area contributed by atoms with E-state index in [-0.39, 0.29) is 0 Å². The van der Waals surface area contributed by atoms with Crippen molar-refractivity contribution in [3.05, 3.63) is 6.92 Å². The van der Waals surface area contributed by atoms with Gasteiger partial charge in [-0.3, -0.25) is 0 Å². The first-order valence-corrected chi connectivity index (χ1v) is 5.16. The largest absolute Gasteiger partial charge is 0.0651 e. The lowest BCUT2D eigenvalue weighted by Crippen LogP contribution is -2.08. The molecule has 1 aliphatic rings. The first-order chi connectivity index (χ1) is 5.33. The molecule has 0 nitrogen and oxygen atoms in total. The Bertz CT molecular complexity index is 96.2. The summed E-state index contributed by atoms with van der Waals surface area (Å²) in [5.41, 5.74) is 0. The van der Waals surface area contributed by atoms with Crippen molar-refractivity contribution >= 4 is 0 Å². The maximum Gasteiger partial charge on any atom is -0.0412 e. The molecule has 2 unspecified atom stereocenters. The molecule has 0 heterocycles. The summed E-state index contributed by atoms with van der Waals surface area (Å²) >= 11 is 0. The molecule has 0 aliphatic heterocycles. The highest BCUT2D eigenvalue weighted by atomic mass is 14.2. The third kappa shape index (κ3) is 3.27. The Balaban J connectivity index is 2.29. The Labute approximate surface area is 71.4 Å². The standard InChI is InChI=1S/C11H21/c1-3-11-8-6-4-5-7-10(2)9-11/h10-11H,2-9H2,1H3. The molecular weight excluding hydrogens is 132 g/mol. The van der Waals surface area contributed by atoms with Crippen LogP contribution in [-0.2, 0) is 0 Å². The highest BCUT2D eigenvalue weighted by Gasteiger charge is 2.13. The van der Waals surface area contributed by atoms with Crippen molar-refractivity contribution in [3.8, 4) is 0 Å². The van der Waals surface area contributed by atoms with Crippen molar-refractivity contribution in [2.24, 2.45) is 11.8 Å². The molecule has 1 rings (SSSR count). The van der Waals surface area contributed by atoms with Crippen LogP contribution in [0.25, 0.3) is 0 Å². The van der Waals surface area contributed by atoms with E-state index in [1.807, 2.05) is 0 Å². The van der Waals surface area contributed by atoms with Gasteiger partial charge < -0.3 is 0 Å². The molecule has 0 bridgehead atoms. The second-order valence-electron chi connectivity index (χ2n) is 4.01. The van der Waals surface area contributed by atoms with Gasteiger partial charge in [-0.1, -0.05) is 52.4 Å². The summed E-state index contributed by atoms with van der Waals surface area (Å²) in [6.45, 7) is 6.52. The van der Waals surface area contributed by atoms with Gasteiger partial charge in [0.1, 0.15) is 0 Å². The van der Waals surface area contributed by atoms with E-state index in [0.717, 1.165) is 11.8 Å². The molecule has 1 saturated carbocycles. The molecule has 0 N–H and O–H groups in total. The molecule has 65 valence electrons. The fourth-order valence-corrected chi connectivity index (χ4v) is 2.12. The molecule has 0 heteroatoms. The zero-order chi connectivity index (χ0) is 8.10. The lowest BCUT2D eigenvalue weighted by atomic mass is 9.84. The average Bonchev–Trinajstić information content (AvgIpc) is 1.96. The SMILES string of the molecule is [CH2]C1CCCCCC(CC)C1. The Morgan fingerprint density at radius 1 is 1.18 bits per heavy atom. The van der Waals surface area contributed by atoms with E-state index in [1.54, 1.807) is 0 Å². The van der Waals surface area contributed by atoms with Crippen LogP contribution in [0.4, 0.5) is 0 Å². The third-order valence-electron chi connectivity index (χ3n) is 2.97. The van der Waals surface area contributed by atoms with E-state index >= 15 is 0 Å². The lowest BCUT2D eigenvalue weighted by molar-refractivity contribution is 0.323. The van der Waals surface area contributed by atoms with Crippen LogP contribution in [0, 0.1) is 18.8 Å². The summed E-state index contributed by atoms with van der Waals surface area (Å²) in [5.74, 6) is 1.73. The van der Waals surface area contributed by atoms with Gasteiger partial charge in [0.15, 0.2) is 0 Å². The molecule has 0 aromatic rings. The van der Waals surface area contributed by atoms with Crippen molar-refractivity contribution in [1.29, 1.82) is 0 Å². The maximum atomic E-state index is 4.20. The number of hydrogen-bond donors (Lipinski definition) is 0. The van der Waals surface area contributed by atoms with Crippen LogP contribution < -0.4 is 0 Å². The second-order valence-corrected chi connectivity index (χ2v) is 4.01. The fraction of sp³-hybridized carbons (Fsp3) is 0.909. The quantitative estimate of drug-likeness (QED) is 0.537. The fourth-order valence-electron chi connectivity index (χ4n) is 2.12. The van der Waals surface area contributed by atoms with Gasteiger partial charge in [-0.15, -0.1) is 0 Å². The van der Waals surface area contributed by atoms with Gasteiger partial charge in [-0.05, 0) is 18.3 Å². The predicted octanol–water partition coefficient (Wildman–Crippen LogP) is 3.82. The van der Waals surface area contributed by atoms with Crippen molar-refractivity contribution in [1.82, 2.24) is 0 Å². The van der Waals surface area contributed by atoms with Crippen molar-refractivity contribution in [2.75, 3.05) is 0 Å². The van der Waals surface area contributed by atoms with E-state index in [4.69, 9.17) is 0 Å². The van der Waals surface area contributed by atoms with E-state index < -0.39 is 0 Å². The number of rotatable bonds is 1. The Morgan fingerprint density at radius 2 is 1.91 bits per heavy atom. The van der Waals surface area contributed by atoms with Crippen LogP contribution in [0.1, 0.15) is 51.9 Å². The Morgan fingerprint density at radius 3 is 2.64 bits per heavy atom. The van der Waals surface area contributed by atoms with Crippen LogP contribution in [0.3, 0.4) is 0 Å². The molecule has 1 fully saturated rings. The van der Waals surface area contributed by atoms with Crippen molar-refractivity contribution < 1.29 is 0 Å². The highest BCUT2D eigenvalue weighted by molar-refractivity contribution is 4.70. The monoisotopic (exact) mass is 153 g/mol. The summed E-state index contributed by atoms with van der Waals surface area (Å²) < 4.78 is 0. The van der Waals surface area contributed by atoms with Crippen LogP contribution in [0.2, 0.25) is 0 Å². The molecular formula is C11H21. The summed E-state index contributed by atoms with van der Waals surface area (Å²) in [6.07, 6.45) is 9.92. The molecule has 11 heavy (non-hydrogen) atoms. The maximum absolute atomic E-state index is 4.20. The minimum atomic E-state index is 0.750. The topological polar surface area (TPSA) is 0 Å². The molecule has 1 aliphatic carbocycles. The summed E-state index contributed by atoms with van der Waals surface area (Å²) in [5, 5.41) is 0. The summed E-state index contributed by atoms with van der Waals surface area (Å²) in [7, 11) is 0. The predicted molar refractivity (Wildman–Crippen MR) is 50.3 cm³/mol. The normalized spacial score (nSPS) is 34.4. The van der Waals surface area contributed by atoms with Gasteiger partial charge in [0, 0.05) is 0 Å². The van der Waals surface area contributed by atoms with Crippen molar-refractivity contribution in [2.45, 2.75) is 51.9 Å². The van der Waals surface area contributed by atoms with E-state index in [9.17, 15) is 0 Å². The van der Waals surface area contributed by atoms with Gasteiger partial charge in [-0.2, -0.15) is 0 Å². The second kappa shape index (κ2) is 4.79. The van der Waals surface area contributed by atoms with Gasteiger partial charge in [0.2, 0.25) is 0 Å². The number of hydrogen-bond acceptors (Lipinski definition) is 0. The molecule has 0 amide bonds. The van der Waals surface area contributed by atoms with Crippen LogP contribution in [0.5, 0.6) is 0 Å². The first kappa shape index (κ1) is 9.09. The van der Waals surface area contributed by atoms with Crippen molar-refractivity contribution in [3.63, 3.8) is 0 Å². The molecule has 0 spiro atoms. The van der Waals surface area contributed by atoms with E-state index in [2.05, 4.69) is 13.8 Å². The summed E-state index contributed by atoms with van der Waals surface area (Å²) in [4.78, 5) is 0. The molecule has 1 radical (unpaired) electrons. The van der Waals surface area contributed by atoms with E-state index in [1.165, 1.54) is 44.9 Å². The van der Waals surface area contributed by atoms with E-state index in [0.29, 0.717) is 0 Å². The molecule has 0 saturated heterocycles. The Kier molecular flexibility index (Phi) is 3.96. The lowest BCUT2D eigenvalue weighted by Gasteiger charge is -2.22. The van der Waals surface area contributed by atoms with Gasteiger partial charge in [0.25, 0.3) is 0 Å². The zero-order valence-electron chi connectivity index (χ0n) is 7.81. The average molecular weight is 153 g/mol. The Hall–Kier alpha value is 0. The molecule has 0 aromatic carbocycles. The molecule has 0 aromatic heterocycles. The van der Waals surface area contributed by atoms with Crippen LogP contribution >= 0.6 is 0 Å². The zero-order valence-corrected chi connectivity index (χ0v) is 7.81. The van der Waals surface area contributed by atoms with Gasteiger partial charge in [-0.25, -0.2) is 0 Å². The highest BCUT2D eigenvalue weighted by Crippen LogP contribution is 2.27. The minimum Gasteiger partial charge on any atom is -0.0651 e. The summed E-state index contributed by atoms with van der Waals surface area (Å²) in [6, 6.07) is 0. The minimum absolute atomic E-state index is 0.750. The third-order valence-corrected chi connectivity index (χ3v) is 2.97. The molecule has 2 atom stereocenters. The smallest absolute Gasteiger partial charge is 0.0412 e. The van der Waals surface area contributed by atoms with Crippen LogP contribution in [0.15, 0.2) is 0 Å². The van der Waals surface area contributed by atoms with Gasteiger partial charge >= 0.3 is 0 Å². The first-order valence-electron chi connectivity index (χ1n) is 5.16. The van der Waals surface area contributed by atoms with Crippen LogP contribution in [-0.4, -0.2) is 0 Å².